The van der Waals surface area contributed by atoms with Crippen LogP contribution in [0.4, 0.5) is 17.1 Å². The number of fused-ring (bicyclic) bond motifs is 2. The van der Waals surface area contributed by atoms with Crippen molar-refractivity contribution in [2.45, 2.75) is 19.4 Å². The molecule has 2 amide bonds. The highest BCUT2D eigenvalue weighted by molar-refractivity contribution is 6.12. The van der Waals surface area contributed by atoms with E-state index in [0.29, 0.717) is 35.2 Å². The van der Waals surface area contributed by atoms with Gasteiger partial charge in [-0.2, -0.15) is 0 Å². The Hall–Kier alpha value is -2.86. The fourth-order valence-electron chi connectivity index (χ4n) is 3.60. The molecule has 0 spiro atoms. The normalized spacial score (nSPS) is 21.0. The molecule has 2 aromatic rings. The van der Waals surface area contributed by atoms with Gasteiger partial charge in [-0.1, -0.05) is 19.1 Å². The van der Waals surface area contributed by atoms with Crippen molar-refractivity contribution >= 4 is 28.9 Å². The van der Waals surface area contributed by atoms with Crippen molar-refractivity contribution in [3.05, 3.63) is 53.6 Å². The number of ether oxygens (including phenoxy) is 1. The first-order chi connectivity index (χ1) is 13.1. The lowest BCUT2D eigenvalue weighted by atomic mass is 10.1. The van der Waals surface area contributed by atoms with Crippen LogP contribution in [0.15, 0.2) is 42.5 Å². The number of rotatable bonds is 5. The van der Waals surface area contributed by atoms with Gasteiger partial charge in [0.15, 0.2) is 0 Å². The molecule has 3 atom stereocenters. The molecule has 1 aliphatic heterocycles. The van der Waals surface area contributed by atoms with E-state index >= 15 is 0 Å². The highest BCUT2D eigenvalue weighted by Gasteiger charge is 2.39. The standard InChI is InChI=1S/C21H23N3O3/c1-12-9-15(12)19(27-2)11-22-20(25)13-7-8-17-18(10-13)24-21(26)14-5-3-4-6-16(14)23-17/h3-8,10,12,15,19,23H,9,11H2,1-2H3,(H,22,25)(H,24,26). The van der Waals surface area contributed by atoms with Crippen LogP contribution in [0.2, 0.25) is 0 Å². The molecule has 1 aliphatic carbocycles. The summed E-state index contributed by atoms with van der Waals surface area (Å²) in [4.78, 5) is 25.0. The van der Waals surface area contributed by atoms with Crippen molar-refractivity contribution in [3.63, 3.8) is 0 Å². The van der Waals surface area contributed by atoms with Gasteiger partial charge in [0.2, 0.25) is 0 Å². The first-order valence-electron chi connectivity index (χ1n) is 9.19. The molecule has 4 rings (SSSR count). The molecular weight excluding hydrogens is 342 g/mol. The Morgan fingerprint density at radius 2 is 1.96 bits per heavy atom. The quantitative estimate of drug-likeness (QED) is 0.759. The van der Waals surface area contributed by atoms with Gasteiger partial charge in [0.1, 0.15) is 0 Å². The first-order valence-corrected chi connectivity index (χ1v) is 9.19. The van der Waals surface area contributed by atoms with Crippen LogP contribution in [0.25, 0.3) is 0 Å². The highest BCUT2D eigenvalue weighted by atomic mass is 16.5. The number of benzene rings is 2. The van der Waals surface area contributed by atoms with Crippen molar-refractivity contribution in [3.8, 4) is 0 Å². The minimum Gasteiger partial charge on any atom is -0.379 e. The van der Waals surface area contributed by atoms with Gasteiger partial charge in [0.25, 0.3) is 11.8 Å². The second-order valence-corrected chi connectivity index (χ2v) is 7.25. The zero-order valence-corrected chi connectivity index (χ0v) is 15.4. The summed E-state index contributed by atoms with van der Waals surface area (Å²) in [5.41, 5.74) is 3.16. The Balaban J connectivity index is 1.49. The van der Waals surface area contributed by atoms with Gasteiger partial charge in [-0.15, -0.1) is 0 Å². The lowest BCUT2D eigenvalue weighted by Gasteiger charge is -2.16. The molecule has 1 saturated carbocycles. The third-order valence-electron chi connectivity index (χ3n) is 5.39. The summed E-state index contributed by atoms with van der Waals surface area (Å²) in [6.45, 7) is 2.68. The maximum Gasteiger partial charge on any atom is 0.257 e. The zero-order chi connectivity index (χ0) is 19.0. The molecular formula is C21H23N3O3. The molecule has 2 aromatic carbocycles. The molecule has 27 heavy (non-hydrogen) atoms. The Morgan fingerprint density at radius 3 is 2.70 bits per heavy atom. The molecule has 6 heteroatoms. The summed E-state index contributed by atoms with van der Waals surface area (Å²) in [5.74, 6) is 0.798. The molecule has 1 heterocycles. The number of carbonyl (C=O) groups is 2. The van der Waals surface area contributed by atoms with Gasteiger partial charge in [-0.05, 0) is 48.6 Å². The van der Waals surface area contributed by atoms with E-state index in [2.05, 4.69) is 22.9 Å². The number of hydrogen-bond acceptors (Lipinski definition) is 4. The predicted octanol–water partition coefficient (Wildman–Crippen LogP) is 3.40. The molecule has 6 nitrogen and oxygen atoms in total. The summed E-state index contributed by atoms with van der Waals surface area (Å²) in [6, 6.07) is 12.6. The van der Waals surface area contributed by atoms with Gasteiger partial charge in [-0.25, -0.2) is 0 Å². The summed E-state index contributed by atoms with van der Waals surface area (Å²) in [7, 11) is 1.68. The molecule has 0 radical (unpaired) electrons. The van der Waals surface area contributed by atoms with E-state index in [1.165, 1.54) is 0 Å². The molecule has 140 valence electrons. The molecule has 3 unspecified atom stereocenters. The van der Waals surface area contributed by atoms with Crippen LogP contribution in [0, 0.1) is 11.8 Å². The SMILES string of the molecule is COC(CNC(=O)c1ccc2c(c1)NC(=O)c1ccccc1N2)C1CC1C. The molecule has 0 aromatic heterocycles. The predicted molar refractivity (Wildman–Crippen MR) is 105 cm³/mol. The van der Waals surface area contributed by atoms with Crippen molar-refractivity contribution in [2.24, 2.45) is 11.8 Å². The number of carbonyl (C=O) groups excluding carboxylic acids is 2. The number of para-hydroxylation sites is 1. The van der Waals surface area contributed by atoms with Crippen LogP contribution in [-0.4, -0.2) is 31.6 Å². The summed E-state index contributed by atoms with van der Waals surface area (Å²) in [6.07, 6.45) is 1.19. The third kappa shape index (κ3) is 3.53. The highest BCUT2D eigenvalue weighted by Crippen LogP contribution is 2.41. The van der Waals surface area contributed by atoms with Crippen molar-refractivity contribution in [1.82, 2.24) is 5.32 Å². The maximum absolute atomic E-state index is 12.6. The van der Waals surface area contributed by atoms with Gasteiger partial charge >= 0.3 is 0 Å². The van der Waals surface area contributed by atoms with E-state index in [1.807, 2.05) is 24.3 Å². The largest absolute Gasteiger partial charge is 0.379 e. The fraction of sp³-hybridized carbons (Fsp3) is 0.333. The van der Waals surface area contributed by atoms with E-state index in [9.17, 15) is 9.59 Å². The van der Waals surface area contributed by atoms with E-state index < -0.39 is 0 Å². The van der Waals surface area contributed by atoms with Crippen molar-refractivity contribution in [1.29, 1.82) is 0 Å². The van der Waals surface area contributed by atoms with Gasteiger partial charge in [-0.3, -0.25) is 9.59 Å². The van der Waals surface area contributed by atoms with E-state index in [0.717, 1.165) is 17.8 Å². The summed E-state index contributed by atoms with van der Waals surface area (Å²) in [5, 5.41) is 9.08. The number of amides is 2. The number of anilines is 3. The molecule has 3 N–H and O–H groups in total. The van der Waals surface area contributed by atoms with Crippen molar-refractivity contribution in [2.75, 3.05) is 24.3 Å². The molecule has 2 aliphatic rings. The van der Waals surface area contributed by atoms with E-state index in [-0.39, 0.29) is 17.9 Å². The average molecular weight is 365 g/mol. The number of hydrogen-bond donors (Lipinski definition) is 3. The fourth-order valence-corrected chi connectivity index (χ4v) is 3.60. The number of nitrogens with one attached hydrogen (secondary N) is 3. The van der Waals surface area contributed by atoms with E-state index in [4.69, 9.17) is 4.74 Å². The second-order valence-electron chi connectivity index (χ2n) is 7.25. The average Bonchev–Trinajstić information content (AvgIpc) is 3.42. The lowest BCUT2D eigenvalue weighted by Crippen LogP contribution is -2.34. The Labute approximate surface area is 158 Å². The van der Waals surface area contributed by atoms with Crippen LogP contribution in [0.5, 0.6) is 0 Å². The van der Waals surface area contributed by atoms with Crippen LogP contribution >= 0.6 is 0 Å². The van der Waals surface area contributed by atoms with Crippen molar-refractivity contribution < 1.29 is 14.3 Å². The minimum atomic E-state index is -0.198. The summed E-state index contributed by atoms with van der Waals surface area (Å²) < 4.78 is 5.51. The number of methoxy groups -OCH3 is 1. The Morgan fingerprint density at radius 1 is 1.19 bits per heavy atom. The van der Waals surface area contributed by atoms with Crippen LogP contribution in [0.1, 0.15) is 34.1 Å². The molecule has 1 fully saturated rings. The maximum atomic E-state index is 12.6. The second kappa shape index (κ2) is 7.04. The topological polar surface area (TPSA) is 79.5 Å². The van der Waals surface area contributed by atoms with E-state index in [1.54, 1.807) is 25.3 Å². The molecule has 0 saturated heterocycles. The van der Waals surface area contributed by atoms with Gasteiger partial charge < -0.3 is 20.7 Å². The monoisotopic (exact) mass is 365 g/mol. The zero-order valence-electron chi connectivity index (χ0n) is 15.4. The minimum absolute atomic E-state index is 0.0423. The van der Waals surface area contributed by atoms with Crippen LogP contribution in [0.3, 0.4) is 0 Å². The van der Waals surface area contributed by atoms with Gasteiger partial charge in [0.05, 0.1) is 28.7 Å². The van der Waals surface area contributed by atoms with Crippen LogP contribution in [-0.2, 0) is 4.74 Å². The summed E-state index contributed by atoms with van der Waals surface area (Å²) >= 11 is 0. The van der Waals surface area contributed by atoms with Crippen LogP contribution < -0.4 is 16.0 Å². The lowest BCUT2D eigenvalue weighted by molar-refractivity contribution is 0.0716. The molecule has 0 bridgehead atoms. The van der Waals surface area contributed by atoms with Gasteiger partial charge in [0, 0.05) is 19.2 Å². The Kier molecular flexibility index (Phi) is 4.58. The third-order valence-corrected chi connectivity index (χ3v) is 5.39. The smallest absolute Gasteiger partial charge is 0.257 e. The Bertz CT molecular complexity index is 896. The first kappa shape index (κ1) is 17.5.